The van der Waals surface area contributed by atoms with Gasteiger partial charge in [0, 0.05) is 49.4 Å². The lowest BCUT2D eigenvalue weighted by molar-refractivity contribution is 1.16. The lowest BCUT2D eigenvalue weighted by Crippen LogP contribution is -1.95. The summed E-state index contributed by atoms with van der Waals surface area (Å²) in [6.45, 7) is 0. The molecule has 3 aromatic heterocycles. The second kappa shape index (κ2) is 10.8. The van der Waals surface area contributed by atoms with Crippen LogP contribution in [-0.2, 0) is 0 Å². The van der Waals surface area contributed by atoms with Crippen LogP contribution in [0.1, 0.15) is 0 Å². The largest absolute Gasteiger partial charge is 0.309 e. The van der Waals surface area contributed by atoms with Crippen LogP contribution in [-0.4, -0.2) is 13.7 Å². The molecule has 0 saturated heterocycles. The van der Waals surface area contributed by atoms with Gasteiger partial charge in [0.25, 0.3) is 0 Å². The summed E-state index contributed by atoms with van der Waals surface area (Å²) in [4.78, 5) is 0. The highest BCUT2D eigenvalue weighted by Gasteiger charge is 2.17. The van der Waals surface area contributed by atoms with Crippen LogP contribution in [0.4, 0.5) is 0 Å². The Labute approximate surface area is 294 Å². The van der Waals surface area contributed by atoms with Gasteiger partial charge in [-0.25, -0.2) is 0 Å². The van der Waals surface area contributed by atoms with Crippen molar-refractivity contribution >= 4 is 65.4 Å². The van der Waals surface area contributed by atoms with Crippen molar-refractivity contribution < 1.29 is 0 Å². The Hall–Kier alpha value is -6.84. The lowest BCUT2D eigenvalue weighted by Gasteiger charge is -2.10. The second-order valence-electron chi connectivity index (χ2n) is 13.4. The first-order chi connectivity index (χ1) is 25.3. The fraction of sp³-hybridized carbons (Fsp3) is 0. The Kier molecular flexibility index (Phi) is 5.96. The quantitative estimate of drug-likeness (QED) is 0.180. The number of hydrogen-bond acceptors (Lipinski definition) is 0. The van der Waals surface area contributed by atoms with Gasteiger partial charge >= 0.3 is 0 Å². The van der Waals surface area contributed by atoms with Gasteiger partial charge in [-0.3, -0.25) is 0 Å². The van der Waals surface area contributed by atoms with Gasteiger partial charge in [0.1, 0.15) is 0 Å². The molecule has 3 heterocycles. The maximum atomic E-state index is 2.41. The molecule has 0 spiro atoms. The summed E-state index contributed by atoms with van der Waals surface area (Å²) < 4.78 is 7.18. The smallest absolute Gasteiger partial charge is 0.0542 e. The highest BCUT2D eigenvalue weighted by molar-refractivity contribution is 6.13. The third-order valence-corrected chi connectivity index (χ3v) is 10.6. The van der Waals surface area contributed by atoms with Gasteiger partial charge in [0.15, 0.2) is 0 Å². The number of para-hydroxylation sites is 5. The molecule has 0 unspecified atom stereocenters. The first-order valence-electron chi connectivity index (χ1n) is 17.5. The van der Waals surface area contributed by atoms with E-state index in [0.29, 0.717) is 0 Å². The van der Waals surface area contributed by atoms with E-state index in [2.05, 4.69) is 202 Å². The van der Waals surface area contributed by atoms with Crippen molar-refractivity contribution in [1.82, 2.24) is 13.7 Å². The number of fused-ring (bicyclic) bond motifs is 9. The zero-order valence-corrected chi connectivity index (χ0v) is 27.7. The second-order valence-corrected chi connectivity index (χ2v) is 13.4. The van der Waals surface area contributed by atoms with E-state index in [1.807, 2.05) is 0 Å². The highest BCUT2D eigenvalue weighted by Crippen LogP contribution is 2.39. The van der Waals surface area contributed by atoms with Crippen LogP contribution in [0.3, 0.4) is 0 Å². The Morgan fingerprint density at radius 1 is 0.216 bits per heavy atom. The topological polar surface area (TPSA) is 14.8 Å². The van der Waals surface area contributed by atoms with Crippen molar-refractivity contribution in [2.75, 3.05) is 0 Å². The number of aromatic nitrogens is 3. The summed E-state index contributed by atoms with van der Waals surface area (Å²) in [6, 6.07) is 68.4. The van der Waals surface area contributed by atoms with E-state index in [1.54, 1.807) is 0 Å². The molecular weight excluding hydrogens is 619 g/mol. The van der Waals surface area contributed by atoms with Gasteiger partial charge in [-0.2, -0.15) is 0 Å². The zero-order valence-electron chi connectivity index (χ0n) is 27.7. The maximum Gasteiger partial charge on any atom is 0.0542 e. The van der Waals surface area contributed by atoms with Crippen LogP contribution in [0.2, 0.25) is 0 Å². The van der Waals surface area contributed by atoms with Crippen LogP contribution >= 0.6 is 0 Å². The Morgan fingerprint density at radius 2 is 0.569 bits per heavy atom. The van der Waals surface area contributed by atoms with Crippen LogP contribution in [0.25, 0.3) is 93.6 Å². The zero-order chi connectivity index (χ0) is 33.5. The third kappa shape index (κ3) is 4.12. The minimum Gasteiger partial charge on any atom is -0.309 e. The first-order valence-corrected chi connectivity index (χ1v) is 17.5. The summed E-state index contributed by atoms with van der Waals surface area (Å²) in [7, 11) is 0. The molecule has 0 radical (unpaired) electrons. The van der Waals surface area contributed by atoms with Crippen molar-refractivity contribution in [2.45, 2.75) is 0 Å². The Morgan fingerprint density at radius 3 is 1.10 bits per heavy atom. The van der Waals surface area contributed by atoms with Crippen molar-refractivity contribution in [3.8, 4) is 28.2 Å². The van der Waals surface area contributed by atoms with Crippen molar-refractivity contribution in [2.24, 2.45) is 0 Å². The van der Waals surface area contributed by atoms with Gasteiger partial charge in [0.05, 0.1) is 33.1 Å². The molecule has 0 aliphatic heterocycles. The highest BCUT2D eigenvalue weighted by atomic mass is 15.0. The third-order valence-electron chi connectivity index (χ3n) is 10.6. The van der Waals surface area contributed by atoms with Gasteiger partial charge < -0.3 is 13.7 Å². The van der Waals surface area contributed by atoms with Crippen LogP contribution in [0.15, 0.2) is 188 Å². The predicted octanol–water partition coefficient (Wildman–Crippen LogP) is 12.6. The molecule has 8 aromatic carbocycles. The fourth-order valence-corrected chi connectivity index (χ4v) is 8.39. The number of hydrogen-bond donors (Lipinski definition) is 0. The molecule has 51 heavy (non-hydrogen) atoms. The molecule has 11 aromatic rings. The molecule has 0 aliphatic rings. The summed E-state index contributed by atoms with van der Waals surface area (Å²) in [5.74, 6) is 0. The molecule has 3 heteroatoms. The van der Waals surface area contributed by atoms with Crippen LogP contribution in [0, 0.1) is 0 Å². The standard InChI is InChI=1S/C48H31N3/c1-2-12-34(13-3-1)49-47-28-24-33(32-22-25-35(26-23-32)50-43-18-8-4-14-37(43)38-15-5-9-19-44(38)50)30-41(47)42-31-36(27-29-48(42)49)51-45-20-10-6-16-39(45)40-17-7-11-21-46(40)51/h1-31H. The SMILES string of the molecule is c1ccc(-n2c3ccc(-c4ccc(-n5c6ccccc6c6ccccc65)cc4)cc3c3cc(-n4c5ccccc5c5ccccc54)ccc32)cc1. The monoisotopic (exact) mass is 649 g/mol. The molecule has 0 N–H and O–H groups in total. The summed E-state index contributed by atoms with van der Waals surface area (Å²) in [5, 5.41) is 7.56. The van der Waals surface area contributed by atoms with E-state index in [4.69, 9.17) is 0 Å². The average Bonchev–Trinajstić information content (AvgIpc) is 3.84. The van der Waals surface area contributed by atoms with E-state index in [0.717, 1.165) is 17.1 Å². The van der Waals surface area contributed by atoms with Gasteiger partial charge in [-0.05, 0) is 90.0 Å². The average molecular weight is 650 g/mol. The van der Waals surface area contributed by atoms with Gasteiger partial charge in [0.2, 0.25) is 0 Å². The van der Waals surface area contributed by atoms with E-state index in [1.165, 1.54) is 76.5 Å². The van der Waals surface area contributed by atoms with Crippen LogP contribution in [0.5, 0.6) is 0 Å². The van der Waals surface area contributed by atoms with Gasteiger partial charge in [-0.15, -0.1) is 0 Å². The molecule has 0 amide bonds. The van der Waals surface area contributed by atoms with E-state index < -0.39 is 0 Å². The van der Waals surface area contributed by atoms with E-state index in [-0.39, 0.29) is 0 Å². The Bertz CT molecular complexity index is 3010. The lowest BCUT2D eigenvalue weighted by atomic mass is 10.0. The van der Waals surface area contributed by atoms with Crippen LogP contribution < -0.4 is 0 Å². The van der Waals surface area contributed by atoms with Crippen molar-refractivity contribution in [3.63, 3.8) is 0 Å². The summed E-state index contributed by atoms with van der Waals surface area (Å²) in [6.07, 6.45) is 0. The van der Waals surface area contributed by atoms with E-state index >= 15 is 0 Å². The minimum atomic E-state index is 1.16. The molecule has 3 nitrogen and oxygen atoms in total. The summed E-state index contributed by atoms with van der Waals surface area (Å²) >= 11 is 0. The maximum absolute atomic E-state index is 2.41. The molecule has 0 bridgehead atoms. The van der Waals surface area contributed by atoms with Crippen molar-refractivity contribution in [1.29, 1.82) is 0 Å². The predicted molar refractivity (Wildman–Crippen MR) is 215 cm³/mol. The number of rotatable bonds is 4. The Balaban J connectivity index is 1.10. The van der Waals surface area contributed by atoms with Crippen molar-refractivity contribution in [3.05, 3.63) is 188 Å². The molecule has 0 fully saturated rings. The molecule has 0 aliphatic carbocycles. The molecular formula is C48H31N3. The molecule has 11 rings (SSSR count). The number of benzene rings is 8. The first kappa shape index (κ1) is 28.0. The molecule has 0 saturated carbocycles. The van der Waals surface area contributed by atoms with E-state index in [9.17, 15) is 0 Å². The minimum absolute atomic E-state index is 1.16. The van der Waals surface area contributed by atoms with Gasteiger partial charge in [-0.1, -0.05) is 109 Å². The summed E-state index contributed by atoms with van der Waals surface area (Å²) in [5.41, 5.74) is 13.1. The molecule has 0 atom stereocenters. The fourth-order valence-electron chi connectivity index (χ4n) is 8.39. The number of nitrogens with zero attached hydrogens (tertiary/aromatic N) is 3. The molecule has 238 valence electrons. The normalized spacial score (nSPS) is 11.9.